The molecule has 0 fully saturated rings. The maximum Gasteiger partial charge on any atom is 0.314 e. The molecule has 206 valence electrons. The lowest BCUT2D eigenvalue weighted by Crippen LogP contribution is -2.35. The predicted octanol–water partition coefficient (Wildman–Crippen LogP) is 5.37. The zero-order chi connectivity index (χ0) is 28.2. The van der Waals surface area contributed by atoms with E-state index in [0.29, 0.717) is 5.75 Å². The van der Waals surface area contributed by atoms with Crippen LogP contribution in [0.25, 0.3) is 11.1 Å². The third-order valence-electron chi connectivity index (χ3n) is 5.74. The molecule has 2 aromatic carbocycles. The van der Waals surface area contributed by atoms with Gasteiger partial charge in [-0.3, -0.25) is 19.2 Å². The van der Waals surface area contributed by atoms with Gasteiger partial charge in [-0.05, 0) is 57.4 Å². The van der Waals surface area contributed by atoms with Gasteiger partial charge in [-0.15, -0.1) is 0 Å². The fourth-order valence-electron chi connectivity index (χ4n) is 3.71. The minimum atomic E-state index is -0.880. The quantitative estimate of drug-likeness (QED) is 0.195. The average molecular weight is 527 g/mol. The SMILES string of the molecule is CC(C)OC(=O)C(C)C(CC(C)C(=O)OCCC(=O)Oc1ccc(-c2ccccc2)cc1)C(=O)OC(C)C. The van der Waals surface area contributed by atoms with Crippen molar-refractivity contribution in [3.63, 3.8) is 0 Å². The first-order chi connectivity index (χ1) is 18.0. The van der Waals surface area contributed by atoms with E-state index < -0.39 is 41.6 Å². The summed E-state index contributed by atoms with van der Waals surface area (Å²) in [7, 11) is 0. The Balaban J connectivity index is 1.86. The van der Waals surface area contributed by atoms with Crippen LogP contribution in [0.4, 0.5) is 0 Å². The van der Waals surface area contributed by atoms with E-state index in [2.05, 4.69) is 0 Å². The molecular formula is C30H38O8. The third kappa shape index (κ3) is 10.00. The van der Waals surface area contributed by atoms with Crippen LogP contribution in [0, 0.1) is 17.8 Å². The van der Waals surface area contributed by atoms with Gasteiger partial charge in [-0.1, -0.05) is 56.3 Å². The molecule has 38 heavy (non-hydrogen) atoms. The molecule has 0 aliphatic rings. The maximum atomic E-state index is 12.7. The Hall–Kier alpha value is -3.68. The molecule has 3 atom stereocenters. The van der Waals surface area contributed by atoms with Crippen molar-refractivity contribution in [1.82, 2.24) is 0 Å². The highest BCUT2D eigenvalue weighted by Crippen LogP contribution is 2.26. The predicted molar refractivity (Wildman–Crippen MR) is 142 cm³/mol. The van der Waals surface area contributed by atoms with Crippen molar-refractivity contribution >= 4 is 23.9 Å². The van der Waals surface area contributed by atoms with Crippen molar-refractivity contribution in [3.05, 3.63) is 54.6 Å². The smallest absolute Gasteiger partial charge is 0.314 e. The Labute approximate surface area is 224 Å². The lowest BCUT2D eigenvalue weighted by molar-refractivity contribution is -0.166. The van der Waals surface area contributed by atoms with E-state index in [-0.39, 0.29) is 31.7 Å². The molecule has 0 heterocycles. The molecule has 8 heteroatoms. The first kappa shape index (κ1) is 30.5. The number of carbonyl (C=O) groups excluding carboxylic acids is 4. The Bertz CT molecular complexity index is 1060. The molecule has 8 nitrogen and oxygen atoms in total. The van der Waals surface area contributed by atoms with Crippen molar-refractivity contribution in [2.75, 3.05) is 6.61 Å². The fraction of sp³-hybridized carbons (Fsp3) is 0.467. The van der Waals surface area contributed by atoms with Crippen molar-refractivity contribution in [2.45, 2.75) is 66.6 Å². The highest BCUT2D eigenvalue weighted by molar-refractivity contribution is 5.83. The van der Waals surface area contributed by atoms with Gasteiger partial charge < -0.3 is 18.9 Å². The van der Waals surface area contributed by atoms with E-state index in [1.165, 1.54) is 0 Å². The molecule has 0 aromatic heterocycles. The molecule has 0 saturated heterocycles. The van der Waals surface area contributed by atoms with Gasteiger partial charge in [0.05, 0.1) is 36.4 Å². The summed E-state index contributed by atoms with van der Waals surface area (Å²) in [6, 6.07) is 16.9. The Kier molecular flexibility index (Phi) is 12.0. The molecule has 0 aliphatic heterocycles. The zero-order valence-electron chi connectivity index (χ0n) is 23.0. The van der Waals surface area contributed by atoms with Gasteiger partial charge in [0.1, 0.15) is 12.4 Å². The number of ether oxygens (including phenoxy) is 4. The summed E-state index contributed by atoms with van der Waals surface area (Å²) in [4.78, 5) is 49.9. The first-order valence-corrected chi connectivity index (χ1v) is 12.9. The monoisotopic (exact) mass is 526 g/mol. The summed E-state index contributed by atoms with van der Waals surface area (Å²) in [6.45, 7) is 9.87. The van der Waals surface area contributed by atoms with Crippen LogP contribution in [-0.4, -0.2) is 42.7 Å². The van der Waals surface area contributed by atoms with Gasteiger partial charge >= 0.3 is 23.9 Å². The van der Waals surface area contributed by atoms with Crippen molar-refractivity contribution in [3.8, 4) is 16.9 Å². The van der Waals surface area contributed by atoms with Gasteiger partial charge in [-0.25, -0.2) is 0 Å². The Morgan fingerprint density at radius 2 is 1.24 bits per heavy atom. The lowest BCUT2D eigenvalue weighted by Gasteiger charge is -2.25. The van der Waals surface area contributed by atoms with Crippen LogP contribution >= 0.6 is 0 Å². The van der Waals surface area contributed by atoms with Crippen LogP contribution < -0.4 is 4.74 Å². The van der Waals surface area contributed by atoms with E-state index in [0.717, 1.165) is 11.1 Å². The topological polar surface area (TPSA) is 105 Å². The first-order valence-electron chi connectivity index (χ1n) is 12.9. The van der Waals surface area contributed by atoms with Gasteiger partial charge in [0.2, 0.25) is 0 Å². The summed E-state index contributed by atoms with van der Waals surface area (Å²) in [5, 5.41) is 0. The molecular weight excluding hydrogens is 488 g/mol. The minimum Gasteiger partial charge on any atom is -0.465 e. The number of hydrogen-bond donors (Lipinski definition) is 0. The lowest BCUT2D eigenvalue weighted by atomic mass is 9.85. The second-order valence-corrected chi connectivity index (χ2v) is 9.79. The maximum absolute atomic E-state index is 12.7. The largest absolute Gasteiger partial charge is 0.465 e. The third-order valence-corrected chi connectivity index (χ3v) is 5.74. The van der Waals surface area contributed by atoms with Crippen LogP contribution in [-0.2, 0) is 33.4 Å². The summed E-state index contributed by atoms with van der Waals surface area (Å²) in [6.07, 6.45) is -0.803. The molecule has 0 aliphatic carbocycles. The van der Waals surface area contributed by atoms with E-state index in [1.807, 2.05) is 42.5 Å². The fourth-order valence-corrected chi connectivity index (χ4v) is 3.71. The molecule has 3 unspecified atom stereocenters. The highest BCUT2D eigenvalue weighted by atomic mass is 16.6. The Morgan fingerprint density at radius 1 is 0.684 bits per heavy atom. The zero-order valence-corrected chi connectivity index (χ0v) is 23.0. The number of benzene rings is 2. The van der Waals surface area contributed by atoms with Crippen LogP contribution in [0.5, 0.6) is 5.75 Å². The highest BCUT2D eigenvalue weighted by Gasteiger charge is 2.36. The van der Waals surface area contributed by atoms with Crippen molar-refractivity contribution < 1.29 is 38.1 Å². The normalized spacial score (nSPS) is 13.4. The van der Waals surface area contributed by atoms with Crippen LogP contribution in [0.1, 0.15) is 54.4 Å². The summed E-state index contributed by atoms with van der Waals surface area (Å²) >= 11 is 0. The molecule has 0 bridgehead atoms. The second kappa shape index (κ2) is 14.9. The summed E-state index contributed by atoms with van der Waals surface area (Å²) in [5.41, 5.74) is 2.05. The van der Waals surface area contributed by atoms with Gasteiger partial charge in [-0.2, -0.15) is 0 Å². The molecule has 0 saturated carbocycles. The second-order valence-electron chi connectivity index (χ2n) is 9.79. The van der Waals surface area contributed by atoms with Crippen LogP contribution in [0.2, 0.25) is 0 Å². The van der Waals surface area contributed by atoms with Crippen molar-refractivity contribution in [2.24, 2.45) is 17.8 Å². The van der Waals surface area contributed by atoms with Gasteiger partial charge in [0, 0.05) is 0 Å². The molecule has 2 aromatic rings. The average Bonchev–Trinajstić information content (AvgIpc) is 2.86. The summed E-state index contributed by atoms with van der Waals surface area (Å²) < 4.78 is 21.1. The molecule has 0 radical (unpaired) electrons. The Morgan fingerprint density at radius 3 is 1.82 bits per heavy atom. The number of carbonyl (C=O) groups is 4. The number of hydrogen-bond acceptors (Lipinski definition) is 8. The van der Waals surface area contributed by atoms with Crippen LogP contribution in [0.15, 0.2) is 54.6 Å². The van der Waals surface area contributed by atoms with Crippen molar-refractivity contribution in [1.29, 1.82) is 0 Å². The molecule has 0 N–H and O–H groups in total. The standard InChI is InChI=1S/C30H38O8/c1-19(2)36-29(33)22(6)26(30(34)37-20(3)4)18-21(5)28(32)35-17-16-27(31)38-25-14-12-24(13-15-25)23-10-8-7-9-11-23/h7-15,19-22,26H,16-18H2,1-6H3. The molecule has 0 spiro atoms. The number of esters is 4. The van der Waals surface area contributed by atoms with E-state index >= 15 is 0 Å². The van der Waals surface area contributed by atoms with Crippen LogP contribution in [0.3, 0.4) is 0 Å². The van der Waals surface area contributed by atoms with E-state index in [1.54, 1.807) is 53.7 Å². The molecule has 2 rings (SSSR count). The number of rotatable bonds is 13. The van der Waals surface area contributed by atoms with E-state index in [4.69, 9.17) is 18.9 Å². The van der Waals surface area contributed by atoms with E-state index in [9.17, 15) is 19.2 Å². The van der Waals surface area contributed by atoms with Gasteiger partial charge in [0.15, 0.2) is 0 Å². The minimum absolute atomic E-state index is 0.0386. The molecule has 0 amide bonds. The summed E-state index contributed by atoms with van der Waals surface area (Å²) in [5.74, 6) is -4.24. The van der Waals surface area contributed by atoms with Gasteiger partial charge in [0.25, 0.3) is 0 Å².